The Morgan fingerprint density at radius 2 is 2.07 bits per heavy atom. The number of para-hydroxylation sites is 1. The average molecular weight is 445 g/mol. The SMILES string of the molecule is CCSCC1=CC([N+](=O)[O-])=C/C(=C/C(OC(C)C)=C2/Sc3ccccc3N2C)C1=O. The highest BCUT2D eigenvalue weighted by atomic mass is 32.2. The number of anilines is 1. The first-order valence-electron chi connectivity index (χ1n) is 9.64. The number of thioether (sulfide) groups is 2. The van der Waals surface area contributed by atoms with E-state index in [1.54, 1.807) is 29.6 Å². The van der Waals surface area contributed by atoms with Gasteiger partial charge in [-0.15, -0.1) is 0 Å². The highest BCUT2D eigenvalue weighted by molar-refractivity contribution is 8.03. The van der Waals surface area contributed by atoms with Gasteiger partial charge in [0.1, 0.15) is 5.03 Å². The fraction of sp³-hybridized carbons (Fsp3) is 0.318. The number of allylic oxidation sites excluding steroid dienone is 4. The summed E-state index contributed by atoms with van der Waals surface area (Å²) in [4.78, 5) is 27.1. The Labute approximate surface area is 184 Å². The van der Waals surface area contributed by atoms with Crippen molar-refractivity contribution in [3.63, 3.8) is 0 Å². The van der Waals surface area contributed by atoms with Crippen LogP contribution in [0.2, 0.25) is 0 Å². The second-order valence-electron chi connectivity index (χ2n) is 7.03. The zero-order valence-electron chi connectivity index (χ0n) is 17.4. The third-order valence-corrected chi connectivity index (χ3v) is 6.61. The molecule has 0 unspecified atom stereocenters. The van der Waals surface area contributed by atoms with E-state index in [1.807, 2.05) is 57.0 Å². The maximum Gasteiger partial charge on any atom is 0.270 e. The summed E-state index contributed by atoms with van der Waals surface area (Å²) < 4.78 is 6.06. The second-order valence-corrected chi connectivity index (χ2v) is 9.33. The fourth-order valence-corrected chi connectivity index (χ4v) is 4.83. The van der Waals surface area contributed by atoms with Crippen LogP contribution in [0.3, 0.4) is 0 Å². The number of hydrogen-bond donors (Lipinski definition) is 0. The van der Waals surface area contributed by atoms with Crippen molar-refractivity contribution < 1.29 is 14.5 Å². The van der Waals surface area contributed by atoms with Gasteiger partial charge in [0.15, 0.2) is 11.5 Å². The number of benzene rings is 1. The minimum Gasteiger partial charge on any atom is -0.488 e. The number of nitrogens with zero attached hydrogens (tertiary/aromatic N) is 2. The molecule has 0 atom stereocenters. The van der Waals surface area contributed by atoms with Crippen LogP contribution in [0.15, 0.2) is 75.0 Å². The van der Waals surface area contributed by atoms with E-state index in [-0.39, 0.29) is 23.2 Å². The van der Waals surface area contributed by atoms with Gasteiger partial charge >= 0.3 is 0 Å². The molecule has 1 aliphatic carbocycles. The molecule has 1 aromatic carbocycles. The van der Waals surface area contributed by atoms with E-state index in [1.165, 1.54) is 12.2 Å². The van der Waals surface area contributed by atoms with Crippen molar-refractivity contribution >= 4 is 35.0 Å². The lowest BCUT2D eigenvalue weighted by Crippen LogP contribution is -2.17. The summed E-state index contributed by atoms with van der Waals surface area (Å²) in [6, 6.07) is 8.00. The summed E-state index contributed by atoms with van der Waals surface area (Å²) in [5.74, 6) is 1.59. The number of ketones is 1. The van der Waals surface area contributed by atoms with Gasteiger partial charge in [-0.2, -0.15) is 11.8 Å². The van der Waals surface area contributed by atoms with Gasteiger partial charge in [0.2, 0.25) is 0 Å². The number of nitro groups is 1. The molecule has 0 radical (unpaired) electrons. The molecule has 1 aromatic rings. The van der Waals surface area contributed by atoms with Gasteiger partial charge in [0, 0.05) is 41.0 Å². The Balaban J connectivity index is 2.06. The predicted octanol–water partition coefficient (Wildman–Crippen LogP) is 5.17. The summed E-state index contributed by atoms with van der Waals surface area (Å²) in [7, 11) is 1.95. The maximum atomic E-state index is 13.0. The number of rotatable bonds is 7. The molecule has 0 saturated carbocycles. The molecule has 0 bridgehead atoms. The number of Topliss-reactive ketones (excluding diaryl/α,β-unsaturated/α-hetero) is 1. The van der Waals surface area contributed by atoms with Crippen molar-refractivity contribution in [1.82, 2.24) is 0 Å². The summed E-state index contributed by atoms with van der Waals surface area (Å²) in [5, 5.41) is 12.3. The molecular weight excluding hydrogens is 420 g/mol. The van der Waals surface area contributed by atoms with Crippen LogP contribution < -0.4 is 4.90 Å². The van der Waals surface area contributed by atoms with E-state index in [0.29, 0.717) is 17.1 Å². The Morgan fingerprint density at radius 3 is 2.70 bits per heavy atom. The normalized spacial score (nSPS) is 19.0. The zero-order valence-corrected chi connectivity index (χ0v) is 19.0. The molecule has 6 nitrogen and oxygen atoms in total. The van der Waals surface area contributed by atoms with Crippen molar-refractivity contribution in [2.75, 3.05) is 23.5 Å². The van der Waals surface area contributed by atoms with Gasteiger partial charge < -0.3 is 9.64 Å². The van der Waals surface area contributed by atoms with Crippen LogP contribution in [0, 0.1) is 10.1 Å². The number of carbonyl (C=O) groups excluding carboxylic acids is 1. The lowest BCUT2D eigenvalue weighted by molar-refractivity contribution is -0.419. The third kappa shape index (κ3) is 4.82. The van der Waals surface area contributed by atoms with Crippen LogP contribution in [0.1, 0.15) is 20.8 Å². The van der Waals surface area contributed by atoms with E-state index in [0.717, 1.165) is 21.4 Å². The standard InChI is InChI=1S/C22H24N2O4S2/c1-5-29-13-16-11-17(24(26)27)10-15(21(16)25)12-19(28-14(2)3)22-23(4)18-8-6-7-9-20(18)30-22/h6-12,14H,5,13H2,1-4H3/b15-12-,22-19-. The Hall–Kier alpha value is -2.45. The first-order valence-corrected chi connectivity index (χ1v) is 11.6. The molecule has 1 heterocycles. The van der Waals surface area contributed by atoms with Crippen LogP contribution in [-0.2, 0) is 9.53 Å². The molecule has 0 saturated heterocycles. The molecule has 0 N–H and O–H groups in total. The average Bonchev–Trinajstić information content (AvgIpc) is 3.04. The molecule has 2 aliphatic rings. The van der Waals surface area contributed by atoms with E-state index >= 15 is 0 Å². The van der Waals surface area contributed by atoms with Gasteiger partial charge in [0.25, 0.3) is 5.70 Å². The van der Waals surface area contributed by atoms with Crippen LogP contribution in [0.4, 0.5) is 5.69 Å². The summed E-state index contributed by atoms with van der Waals surface area (Å²) in [6.45, 7) is 5.81. The van der Waals surface area contributed by atoms with Crippen molar-refractivity contribution in [3.05, 3.63) is 80.2 Å². The Bertz CT molecular complexity index is 993. The molecule has 8 heteroatoms. The van der Waals surface area contributed by atoms with Crippen LogP contribution in [-0.4, -0.2) is 35.4 Å². The van der Waals surface area contributed by atoms with Crippen molar-refractivity contribution in [3.8, 4) is 0 Å². The van der Waals surface area contributed by atoms with Crippen molar-refractivity contribution in [1.29, 1.82) is 0 Å². The van der Waals surface area contributed by atoms with Gasteiger partial charge in [-0.3, -0.25) is 14.9 Å². The number of ether oxygens (including phenoxy) is 1. The molecule has 0 aromatic heterocycles. The first-order chi connectivity index (χ1) is 14.3. The molecule has 158 valence electrons. The van der Waals surface area contributed by atoms with E-state index in [4.69, 9.17) is 4.74 Å². The van der Waals surface area contributed by atoms with E-state index in [2.05, 4.69) is 0 Å². The highest BCUT2D eigenvalue weighted by Gasteiger charge is 2.28. The van der Waals surface area contributed by atoms with Crippen LogP contribution in [0.25, 0.3) is 0 Å². The minimum atomic E-state index is -0.459. The lowest BCUT2D eigenvalue weighted by atomic mass is 9.97. The van der Waals surface area contributed by atoms with Gasteiger partial charge in [0.05, 0.1) is 16.7 Å². The Morgan fingerprint density at radius 1 is 1.33 bits per heavy atom. The smallest absolute Gasteiger partial charge is 0.270 e. The Kier molecular flexibility index (Phi) is 7.10. The molecule has 0 fully saturated rings. The summed E-state index contributed by atoms with van der Waals surface area (Å²) in [6.07, 6.45) is 4.23. The topological polar surface area (TPSA) is 72.7 Å². The molecule has 3 rings (SSSR count). The van der Waals surface area contributed by atoms with Gasteiger partial charge in [-0.05, 0) is 37.8 Å². The van der Waals surface area contributed by atoms with Crippen molar-refractivity contribution in [2.45, 2.75) is 31.8 Å². The van der Waals surface area contributed by atoms with Crippen LogP contribution >= 0.6 is 23.5 Å². The molecular formula is C22H24N2O4S2. The number of carbonyl (C=O) groups is 1. The van der Waals surface area contributed by atoms with E-state index < -0.39 is 4.92 Å². The molecule has 30 heavy (non-hydrogen) atoms. The highest BCUT2D eigenvalue weighted by Crippen LogP contribution is 2.46. The second kappa shape index (κ2) is 9.57. The zero-order chi connectivity index (χ0) is 21.8. The fourth-order valence-electron chi connectivity index (χ4n) is 3.09. The monoisotopic (exact) mass is 444 g/mol. The molecule has 1 aliphatic heterocycles. The summed E-state index contributed by atoms with van der Waals surface area (Å²) >= 11 is 3.12. The quantitative estimate of drug-likeness (QED) is 0.249. The number of hydrogen-bond acceptors (Lipinski definition) is 7. The molecule has 0 spiro atoms. The lowest BCUT2D eigenvalue weighted by Gasteiger charge is -2.20. The summed E-state index contributed by atoms with van der Waals surface area (Å²) in [5.41, 5.74) is 1.67. The van der Waals surface area contributed by atoms with E-state index in [9.17, 15) is 14.9 Å². The molecule has 0 amide bonds. The minimum absolute atomic E-state index is 0.0860. The first kappa shape index (κ1) is 22.2. The maximum absolute atomic E-state index is 13.0. The van der Waals surface area contributed by atoms with Gasteiger partial charge in [-0.25, -0.2) is 0 Å². The predicted molar refractivity (Wildman–Crippen MR) is 123 cm³/mol. The third-order valence-electron chi connectivity index (χ3n) is 4.45. The van der Waals surface area contributed by atoms with Crippen LogP contribution in [0.5, 0.6) is 0 Å². The van der Waals surface area contributed by atoms with Gasteiger partial charge in [-0.1, -0.05) is 30.8 Å². The number of fused-ring (bicyclic) bond motifs is 1. The largest absolute Gasteiger partial charge is 0.488 e. The van der Waals surface area contributed by atoms with Crippen molar-refractivity contribution in [2.24, 2.45) is 0 Å².